The number of nitrogens with two attached hydrogens (primary N) is 1. The van der Waals surface area contributed by atoms with Crippen molar-refractivity contribution in [3.8, 4) is 11.5 Å². The van der Waals surface area contributed by atoms with E-state index >= 15 is 0 Å². The maximum absolute atomic E-state index is 11.4. The average molecular weight is 506 g/mol. The fourth-order valence-electron chi connectivity index (χ4n) is 3.27. The van der Waals surface area contributed by atoms with E-state index in [9.17, 15) is 18.0 Å². The van der Waals surface area contributed by atoms with Crippen LogP contribution >= 0.6 is 0 Å². The average Bonchev–Trinajstić information content (AvgIpc) is 3.00. The van der Waals surface area contributed by atoms with Gasteiger partial charge < -0.3 is 25.4 Å². The molecule has 0 spiro atoms. The Morgan fingerprint density at radius 2 is 2.03 bits per heavy atom. The molecule has 2 fully saturated rings. The van der Waals surface area contributed by atoms with Gasteiger partial charge in [-0.1, -0.05) is 6.07 Å². The molecule has 1 aromatic carbocycles. The number of likely N-dealkylation sites (N-methyl/N-ethyl adjacent to an activating group) is 1. The SMILES string of the molecule is CNCCOc1cc(CONC=O)ccc1OCCN.O=C1N2CCCC(C2)N1OS(=O)(=O)O. The van der Waals surface area contributed by atoms with Crippen LogP contribution in [0.5, 0.6) is 11.5 Å². The highest BCUT2D eigenvalue weighted by Crippen LogP contribution is 2.29. The lowest BCUT2D eigenvalue weighted by atomic mass is 10.1. The second-order valence-electron chi connectivity index (χ2n) is 7.25. The fraction of sp³-hybridized carbons (Fsp3) is 0.579. The molecule has 2 saturated heterocycles. The Hall–Kier alpha value is -2.69. The van der Waals surface area contributed by atoms with Crippen molar-refractivity contribution in [2.75, 3.05) is 46.4 Å². The van der Waals surface area contributed by atoms with Crippen molar-refractivity contribution in [3.63, 3.8) is 0 Å². The van der Waals surface area contributed by atoms with Crippen LogP contribution in [-0.4, -0.2) is 87.9 Å². The van der Waals surface area contributed by atoms with Gasteiger partial charge >= 0.3 is 16.4 Å². The van der Waals surface area contributed by atoms with Gasteiger partial charge in [0.05, 0.1) is 12.6 Å². The predicted molar refractivity (Wildman–Crippen MR) is 119 cm³/mol. The molecule has 3 amide bonds. The van der Waals surface area contributed by atoms with Crippen molar-refractivity contribution in [1.82, 2.24) is 20.8 Å². The van der Waals surface area contributed by atoms with E-state index in [0.29, 0.717) is 57.2 Å². The summed E-state index contributed by atoms with van der Waals surface area (Å²) in [6, 6.07) is 4.68. The van der Waals surface area contributed by atoms with E-state index in [0.717, 1.165) is 23.6 Å². The molecular weight excluding hydrogens is 474 g/mol. The largest absolute Gasteiger partial charge is 0.488 e. The second kappa shape index (κ2) is 13.9. The Kier molecular flexibility index (Phi) is 11.2. The van der Waals surface area contributed by atoms with Crippen molar-refractivity contribution in [1.29, 1.82) is 0 Å². The Labute approximate surface area is 198 Å². The van der Waals surface area contributed by atoms with Crippen molar-refractivity contribution in [2.45, 2.75) is 25.5 Å². The van der Waals surface area contributed by atoms with Crippen molar-refractivity contribution in [3.05, 3.63) is 23.8 Å². The molecule has 0 radical (unpaired) electrons. The number of benzene rings is 1. The Bertz CT molecular complexity index is 902. The van der Waals surface area contributed by atoms with Crippen LogP contribution in [0.3, 0.4) is 0 Å². The summed E-state index contributed by atoms with van der Waals surface area (Å²) in [5, 5.41) is 3.74. The first-order valence-electron chi connectivity index (χ1n) is 10.6. The molecule has 0 saturated carbocycles. The van der Waals surface area contributed by atoms with Crippen LogP contribution < -0.4 is 26.0 Å². The molecule has 1 atom stereocenters. The summed E-state index contributed by atoms with van der Waals surface area (Å²) in [7, 11) is -2.75. The molecule has 2 aliphatic heterocycles. The molecule has 0 aromatic heterocycles. The third-order valence-corrected chi connectivity index (χ3v) is 5.07. The quantitative estimate of drug-likeness (QED) is 0.116. The predicted octanol–water partition coefficient (Wildman–Crippen LogP) is -0.579. The highest BCUT2D eigenvalue weighted by molar-refractivity contribution is 7.80. The third-order valence-electron chi connectivity index (χ3n) is 4.73. The summed E-state index contributed by atoms with van der Waals surface area (Å²) in [6.45, 7) is 3.43. The molecule has 1 aromatic rings. The molecule has 14 nitrogen and oxygen atoms in total. The zero-order valence-corrected chi connectivity index (χ0v) is 19.7. The first-order chi connectivity index (χ1) is 16.3. The minimum absolute atomic E-state index is 0.248. The van der Waals surface area contributed by atoms with Crippen LogP contribution in [0, 0.1) is 0 Å². The van der Waals surface area contributed by atoms with Crippen molar-refractivity contribution in [2.24, 2.45) is 5.73 Å². The molecule has 2 aliphatic rings. The van der Waals surface area contributed by atoms with E-state index < -0.39 is 16.4 Å². The van der Waals surface area contributed by atoms with Crippen LogP contribution in [0.25, 0.3) is 0 Å². The Morgan fingerprint density at radius 1 is 1.26 bits per heavy atom. The molecule has 2 bridgehead atoms. The first kappa shape index (κ1) is 27.6. The van der Waals surface area contributed by atoms with E-state index in [1.807, 2.05) is 19.2 Å². The van der Waals surface area contributed by atoms with Crippen molar-refractivity contribution < 1.29 is 41.2 Å². The van der Waals surface area contributed by atoms with Gasteiger partial charge in [0.15, 0.2) is 11.5 Å². The maximum Gasteiger partial charge on any atom is 0.418 e. The number of fused-ring (bicyclic) bond motifs is 2. The lowest BCUT2D eigenvalue weighted by molar-refractivity contribution is -0.121. The number of nitrogens with zero attached hydrogens (tertiary/aromatic N) is 2. The summed E-state index contributed by atoms with van der Waals surface area (Å²) < 4.78 is 44.7. The fourth-order valence-corrected chi connectivity index (χ4v) is 3.66. The zero-order chi connectivity index (χ0) is 25.0. The number of nitrogens with one attached hydrogen (secondary N) is 2. The van der Waals surface area contributed by atoms with Gasteiger partial charge in [0.1, 0.15) is 13.2 Å². The molecule has 5 N–H and O–H groups in total. The molecule has 0 aliphatic carbocycles. The van der Waals surface area contributed by atoms with E-state index in [1.54, 1.807) is 6.07 Å². The topological polar surface area (TPSA) is 182 Å². The number of hydroxylamine groups is 3. The molecule has 192 valence electrons. The van der Waals surface area contributed by atoms with Crippen LogP contribution in [-0.2, 0) is 30.9 Å². The standard InChI is InChI=1S/C13H21N3O4.C6H10N2O5S/c1-15-5-7-19-13-8-11(9-20-16-10-17)2-3-12(13)18-6-4-14;9-6-7-3-1-2-5(4-7)8(6)13-14(10,11)12/h2-3,8,10,15H,4-7,9,14H2,1H3,(H,16,17);5H,1-4H2,(H,10,11,12). The van der Waals surface area contributed by atoms with Gasteiger partial charge in [0.25, 0.3) is 0 Å². The Morgan fingerprint density at radius 3 is 2.68 bits per heavy atom. The number of carbonyl (C=O) groups excluding carboxylic acids is 2. The summed E-state index contributed by atoms with van der Waals surface area (Å²) >= 11 is 0. The van der Waals surface area contributed by atoms with Gasteiger partial charge in [-0.25, -0.2) is 10.3 Å². The van der Waals surface area contributed by atoms with E-state index in [-0.39, 0.29) is 12.6 Å². The Balaban J connectivity index is 0.000000254. The van der Waals surface area contributed by atoms with Crippen molar-refractivity contribution >= 4 is 22.8 Å². The molecular formula is C19H31N5O9S. The van der Waals surface area contributed by atoms with Gasteiger partial charge in [-0.05, 0) is 37.6 Å². The van der Waals surface area contributed by atoms with E-state index in [4.69, 9.17) is 24.6 Å². The van der Waals surface area contributed by atoms with E-state index in [2.05, 4.69) is 15.1 Å². The normalized spacial score (nSPS) is 17.1. The van der Waals surface area contributed by atoms with Crippen LogP contribution in [0.15, 0.2) is 18.2 Å². The zero-order valence-electron chi connectivity index (χ0n) is 18.8. The van der Waals surface area contributed by atoms with Crippen LogP contribution in [0.2, 0.25) is 0 Å². The number of hydrogen-bond acceptors (Lipinski definition) is 10. The lowest BCUT2D eigenvalue weighted by Gasteiger charge is -2.20. The highest BCUT2D eigenvalue weighted by atomic mass is 32.3. The number of piperidine rings is 1. The highest BCUT2D eigenvalue weighted by Gasteiger charge is 2.42. The molecule has 1 unspecified atom stereocenters. The summed E-state index contributed by atoms with van der Waals surface area (Å²) in [6.07, 6.45) is 1.99. The number of carbonyl (C=O) groups is 2. The number of hydrogen-bond donors (Lipinski definition) is 4. The molecule has 34 heavy (non-hydrogen) atoms. The molecule has 15 heteroatoms. The van der Waals surface area contributed by atoms with Gasteiger partial charge in [0.2, 0.25) is 6.41 Å². The second-order valence-corrected chi connectivity index (χ2v) is 8.25. The number of rotatable bonds is 13. The number of urea groups is 1. The van der Waals surface area contributed by atoms with Crippen LogP contribution in [0.1, 0.15) is 18.4 Å². The van der Waals surface area contributed by atoms with Gasteiger partial charge in [-0.15, -0.1) is 4.28 Å². The van der Waals surface area contributed by atoms with Crippen LogP contribution in [0.4, 0.5) is 4.79 Å². The minimum atomic E-state index is -4.60. The molecule has 2 heterocycles. The smallest absolute Gasteiger partial charge is 0.418 e. The third kappa shape index (κ3) is 8.92. The number of amides is 3. The monoisotopic (exact) mass is 505 g/mol. The van der Waals surface area contributed by atoms with Gasteiger partial charge in [0, 0.05) is 26.2 Å². The maximum atomic E-state index is 11.4. The van der Waals surface area contributed by atoms with E-state index in [1.165, 1.54) is 4.90 Å². The summed E-state index contributed by atoms with van der Waals surface area (Å²) in [5.74, 6) is 1.26. The number of ether oxygens (including phenoxy) is 2. The molecule has 3 rings (SSSR count). The lowest BCUT2D eigenvalue weighted by Crippen LogP contribution is -2.35. The van der Waals surface area contributed by atoms with Gasteiger partial charge in [-0.2, -0.15) is 13.5 Å². The minimum Gasteiger partial charge on any atom is -0.488 e. The summed E-state index contributed by atoms with van der Waals surface area (Å²) in [4.78, 5) is 27.9. The first-order valence-corrected chi connectivity index (χ1v) is 11.9. The summed E-state index contributed by atoms with van der Waals surface area (Å²) in [5.41, 5.74) is 8.42. The van der Waals surface area contributed by atoms with Gasteiger partial charge in [-0.3, -0.25) is 14.2 Å².